The second-order valence-corrected chi connectivity index (χ2v) is 6.95. The number of amides is 1. The first kappa shape index (κ1) is 15.2. The van der Waals surface area contributed by atoms with Crippen molar-refractivity contribution in [2.75, 3.05) is 6.54 Å². The molecule has 3 rings (SSSR count). The van der Waals surface area contributed by atoms with Gasteiger partial charge in [0.25, 0.3) is 5.92 Å². The van der Waals surface area contributed by atoms with Gasteiger partial charge in [-0.15, -0.1) is 0 Å². The van der Waals surface area contributed by atoms with E-state index in [1.807, 2.05) is 13.8 Å². The lowest BCUT2D eigenvalue weighted by Gasteiger charge is -2.38. The van der Waals surface area contributed by atoms with Crippen molar-refractivity contribution in [3.05, 3.63) is 16.4 Å². The van der Waals surface area contributed by atoms with Crippen molar-refractivity contribution in [2.24, 2.45) is 11.3 Å². The molecule has 1 amide bonds. The van der Waals surface area contributed by atoms with Gasteiger partial charge < -0.3 is 4.90 Å². The lowest BCUT2D eigenvalue weighted by molar-refractivity contribution is -0.144. The zero-order valence-corrected chi connectivity index (χ0v) is 12.7. The van der Waals surface area contributed by atoms with Gasteiger partial charge in [-0.1, -0.05) is 19.0 Å². The minimum Gasteiger partial charge on any atom is -0.339 e. The number of carbonyl (C=O) groups is 1. The summed E-state index contributed by atoms with van der Waals surface area (Å²) in [6.07, 6.45) is -0.612. The maximum Gasteiger partial charge on any atom is 0.438 e. The number of hydrogen-bond acceptors (Lipinski definition) is 4. The average molecular weight is 315 g/mol. The summed E-state index contributed by atoms with van der Waals surface area (Å²) in [5.74, 6) is -3.78. The zero-order valence-electron chi connectivity index (χ0n) is 12.7. The number of nitrogens with one attached hydrogen (secondary N) is 1. The molecule has 1 unspecified atom stereocenters. The fourth-order valence-electron chi connectivity index (χ4n) is 3.64. The van der Waals surface area contributed by atoms with E-state index in [9.17, 15) is 18.4 Å². The molecule has 1 aliphatic heterocycles. The van der Waals surface area contributed by atoms with Gasteiger partial charge in [0, 0.05) is 31.3 Å². The third-order valence-corrected chi connectivity index (χ3v) is 4.97. The molecule has 1 N–H and O–H groups in total. The topological polar surface area (TPSA) is 79.2 Å². The molecule has 3 atom stereocenters. The van der Waals surface area contributed by atoms with Gasteiger partial charge in [0.15, 0.2) is 5.82 Å². The monoisotopic (exact) mass is 315 g/mol. The molecule has 2 aliphatic rings. The van der Waals surface area contributed by atoms with Crippen LogP contribution in [0.4, 0.5) is 8.78 Å². The van der Waals surface area contributed by atoms with Crippen LogP contribution in [0.2, 0.25) is 0 Å². The molecule has 6 nitrogen and oxygen atoms in total. The summed E-state index contributed by atoms with van der Waals surface area (Å²) in [6, 6.07) is -0.496. The maximum atomic E-state index is 13.4. The van der Waals surface area contributed by atoms with Crippen LogP contribution in [-0.4, -0.2) is 39.5 Å². The van der Waals surface area contributed by atoms with Crippen LogP contribution in [0.3, 0.4) is 0 Å². The number of H-pyrrole nitrogens is 1. The minimum absolute atomic E-state index is 0.0572. The Bertz CT molecular complexity index is 652. The Morgan fingerprint density at radius 2 is 2.14 bits per heavy atom. The number of alkyl halides is 2. The summed E-state index contributed by atoms with van der Waals surface area (Å²) >= 11 is 0. The van der Waals surface area contributed by atoms with Crippen molar-refractivity contribution in [2.45, 2.75) is 51.5 Å². The molecule has 122 valence electrons. The van der Waals surface area contributed by atoms with Crippen LogP contribution in [0, 0.1) is 11.3 Å². The summed E-state index contributed by atoms with van der Waals surface area (Å²) in [5, 5.41) is 3.66. The third kappa shape index (κ3) is 2.34. The van der Waals surface area contributed by atoms with Gasteiger partial charge in [-0.05, 0) is 12.3 Å². The van der Waals surface area contributed by atoms with E-state index >= 15 is 0 Å². The highest BCUT2D eigenvalue weighted by atomic mass is 19.3. The first-order valence-electron chi connectivity index (χ1n) is 7.38. The molecule has 0 radical (unpaired) electrons. The highest BCUT2D eigenvalue weighted by Gasteiger charge is 2.65. The van der Waals surface area contributed by atoms with E-state index in [1.54, 1.807) is 6.92 Å². The Labute approximate surface area is 125 Å². The number of aromatic nitrogens is 2. The first-order valence-corrected chi connectivity index (χ1v) is 7.38. The van der Waals surface area contributed by atoms with Crippen molar-refractivity contribution in [1.82, 2.24) is 15.0 Å². The number of piperidine rings is 1. The molecule has 2 fully saturated rings. The molecule has 1 aliphatic carbocycles. The summed E-state index contributed by atoms with van der Waals surface area (Å²) in [7, 11) is 0. The Kier molecular flexibility index (Phi) is 3.19. The van der Waals surface area contributed by atoms with Crippen LogP contribution in [-0.2, 0) is 4.79 Å². The van der Waals surface area contributed by atoms with Crippen LogP contribution < -0.4 is 5.76 Å². The maximum absolute atomic E-state index is 13.4. The normalized spacial score (nSPS) is 32.8. The molecule has 1 saturated carbocycles. The number of carbonyl (C=O) groups excluding carboxylic acids is 1. The number of halogens is 2. The summed E-state index contributed by atoms with van der Waals surface area (Å²) in [4.78, 5) is 27.8. The van der Waals surface area contributed by atoms with Gasteiger partial charge in [0.1, 0.15) is 0 Å². The second kappa shape index (κ2) is 4.63. The van der Waals surface area contributed by atoms with Gasteiger partial charge in [0.05, 0.1) is 5.92 Å². The Balaban J connectivity index is 1.77. The molecule has 1 aromatic rings. The van der Waals surface area contributed by atoms with E-state index in [2.05, 4.69) is 14.7 Å². The summed E-state index contributed by atoms with van der Waals surface area (Å²) in [6.45, 7) is 5.50. The highest BCUT2D eigenvalue weighted by Crippen LogP contribution is 2.64. The number of rotatable bonds is 2. The van der Waals surface area contributed by atoms with Crippen LogP contribution in [0.15, 0.2) is 9.32 Å². The Morgan fingerprint density at radius 1 is 1.45 bits per heavy atom. The molecular weight excluding hydrogens is 296 g/mol. The van der Waals surface area contributed by atoms with Gasteiger partial charge in [0.2, 0.25) is 5.91 Å². The van der Waals surface area contributed by atoms with Crippen molar-refractivity contribution >= 4 is 5.91 Å². The molecule has 0 bridgehead atoms. The second-order valence-electron chi connectivity index (χ2n) is 6.95. The molecule has 22 heavy (non-hydrogen) atoms. The van der Waals surface area contributed by atoms with Crippen LogP contribution in [0.25, 0.3) is 0 Å². The third-order valence-electron chi connectivity index (χ3n) is 4.97. The van der Waals surface area contributed by atoms with Crippen LogP contribution in [0.5, 0.6) is 0 Å². The lowest BCUT2D eigenvalue weighted by atomic mass is 9.98. The van der Waals surface area contributed by atoms with Crippen LogP contribution >= 0.6 is 0 Å². The van der Waals surface area contributed by atoms with E-state index in [4.69, 9.17) is 0 Å². The quantitative estimate of drug-likeness (QED) is 0.902. The number of likely N-dealkylation sites (tertiary alicyclic amines) is 1. The molecular formula is C14H19F2N3O3. The van der Waals surface area contributed by atoms with Crippen molar-refractivity contribution in [1.29, 1.82) is 0 Å². The number of nitrogens with zero attached hydrogens (tertiary/aromatic N) is 2. The van der Waals surface area contributed by atoms with Crippen LogP contribution in [0.1, 0.15) is 45.4 Å². The Hall–Kier alpha value is -1.73. The molecule has 8 heteroatoms. The standard InChI is InChI=1S/C14H19F2N3O3/c1-7-6-14(15,16)4-5-19(7)11(20)9-8(13(9,2)3)10-17-12(21)22-18-10/h7-9H,4-6H2,1-3H3,(H,17,18,21)/t7?,8-,9+/m1/s1. The fourth-order valence-corrected chi connectivity index (χ4v) is 3.64. The Morgan fingerprint density at radius 3 is 2.68 bits per heavy atom. The van der Waals surface area contributed by atoms with E-state index in [1.165, 1.54) is 4.90 Å². The smallest absolute Gasteiger partial charge is 0.339 e. The number of aromatic amines is 1. The SMILES string of the molecule is CC1CC(F)(F)CCN1C(=O)[C@@H]1[C@H](c2noc(=O)[nH]2)C1(C)C. The lowest BCUT2D eigenvalue weighted by Crippen LogP contribution is -2.49. The molecule has 0 aromatic carbocycles. The van der Waals surface area contributed by atoms with Gasteiger partial charge in [-0.2, -0.15) is 0 Å². The van der Waals surface area contributed by atoms with Crippen molar-refractivity contribution < 1.29 is 18.1 Å². The molecule has 1 aromatic heterocycles. The summed E-state index contributed by atoms with van der Waals surface area (Å²) < 4.78 is 31.3. The number of hydrogen-bond donors (Lipinski definition) is 1. The molecule has 1 saturated heterocycles. The fraction of sp³-hybridized carbons (Fsp3) is 0.786. The zero-order chi connectivity index (χ0) is 16.3. The predicted molar refractivity (Wildman–Crippen MR) is 72.5 cm³/mol. The summed E-state index contributed by atoms with van der Waals surface area (Å²) in [5.41, 5.74) is -0.378. The highest BCUT2D eigenvalue weighted by molar-refractivity contribution is 5.85. The largest absolute Gasteiger partial charge is 0.438 e. The van der Waals surface area contributed by atoms with E-state index < -0.39 is 17.7 Å². The minimum atomic E-state index is -2.70. The van der Waals surface area contributed by atoms with Crippen molar-refractivity contribution in [3.63, 3.8) is 0 Å². The first-order chi connectivity index (χ1) is 10.1. The van der Waals surface area contributed by atoms with Gasteiger partial charge >= 0.3 is 5.76 Å². The van der Waals surface area contributed by atoms with Gasteiger partial charge in [-0.25, -0.2) is 13.6 Å². The molecule has 2 heterocycles. The van der Waals surface area contributed by atoms with Crippen molar-refractivity contribution in [3.8, 4) is 0 Å². The average Bonchev–Trinajstić information content (AvgIpc) is 2.73. The molecule has 0 spiro atoms. The predicted octanol–water partition coefficient (Wildman–Crippen LogP) is 1.75. The van der Waals surface area contributed by atoms with E-state index in [-0.39, 0.29) is 42.5 Å². The van der Waals surface area contributed by atoms with E-state index in [0.29, 0.717) is 5.82 Å². The van der Waals surface area contributed by atoms with E-state index in [0.717, 1.165) is 0 Å². The van der Waals surface area contributed by atoms with Gasteiger partial charge in [-0.3, -0.25) is 14.3 Å².